The third kappa shape index (κ3) is 6.77. The number of esters is 1. The maximum absolute atomic E-state index is 15.2. The maximum atomic E-state index is 15.2. The number of fused-ring (bicyclic) bond motifs is 1. The summed E-state index contributed by atoms with van der Waals surface area (Å²) in [5, 5.41) is 13.0. The van der Waals surface area contributed by atoms with Crippen LogP contribution in [0.15, 0.2) is 30.6 Å². The summed E-state index contributed by atoms with van der Waals surface area (Å²) in [6.45, 7) is 5.98. The van der Waals surface area contributed by atoms with Crippen LogP contribution in [-0.4, -0.2) is 67.7 Å². The number of rotatable bonds is 11. The molecule has 40 heavy (non-hydrogen) atoms. The van der Waals surface area contributed by atoms with Gasteiger partial charge in [0.25, 0.3) is 0 Å². The highest BCUT2D eigenvalue weighted by Crippen LogP contribution is 2.47. The fourth-order valence-electron chi connectivity index (χ4n) is 4.00. The van der Waals surface area contributed by atoms with E-state index in [9.17, 15) is 14.5 Å². The molecule has 1 aliphatic rings. The highest BCUT2D eigenvalue weighted by molar-refractivity contribution is 7.51. The van der Waals surface area contributed by atoms with Crippen molar-refractivity contribution in [3.8, 4) is 0 Å². The molecule has 0 amide bonds. The Hall–Kier alpha value is -2.71. The van der Waals surface area contributed by atoms with Gasteiger partial charge >= 0.3 is 13.7 Å². The number of imidazole rings is 1. The Morgan fingerprint density at radius 3 is 2.73 bits per heavy atom. The first-order chi connectivity index (χ1) is 18.9. The molecule has 0 saturated carbocycles. The van der Waals surface area contributed by atoms with Crippen molar-refractivity contribution in [1.82, 2.24) is 24.6 Å². The molecule has 1 fully saturated rings. The molecular formula is C24H31ClFN6O7P. The van der Waals surface area contributed by atoms with E-state index in [1.165, 1.54) is 17.8 Å². The highest BCUT2D eigenvalue weighted by atomic mass is 35.5. The molecule has 6 atom stereocenters. The van der Waals surface area contributed by atoms with Crippen LogP contribution in [0.4, 0.5) is 10.2 Å². The molecule has 2 aromatic heterocycles. The molecule has 1 aliphatic heterocycles. The van der Waals surface area contributed by atoms with Crippen molar-refractivity contribution in [3.05, 3.63) is 47.0 Å². The summed E-state index contributed by atoms with van der Waals surface area (Å²) in [5.41, 5.74) is 7.72. The van der Waals surface area contributed by atoms with E-state index >= 15 is 4.39 Å². The molecule has 4 N–H and O–H groups in total. The SMILES string of the molecule is Cc1ccccc1CO[P@](=O)(N[C@@H](C)C(=O)OC(C)C)OCC1OC(n2cnc3c(N)nc(Cl)nc32)C(F)C1O. The van der Waals surface area contributed by atoms with Gasteiger partial charge < -0.3 is 20.3 Å². The molecule has 0 aliphatic carbocycles. The highest BCUT2D eigenvalue weighted by Gasteiger charge is 2.47. The Labute approximate surface area is 234 Å². The average molecular weight is 601 g/mol. The minimum absolute atomic E-state index is 0.00878. The van der Waals surface area contributed by atoms with Gasteiger partial charge in [0.1, 0.15) is 23.8 Å². The van der Waals surface area contributed by atoms with Gasteiger partial charge in [0.05, 0.1) is 25.6 Å². The first kappa shape index (κ1) is 30.3. The summed E-state index contributed by atoms with van der Waals surface area (Å²) in [7, 11) is -4.23. The second-order valence-corrected chi connectivity index (χ2v) is 11.6. The molecule has 0 bridgehead atoms. The number of hydrogen-bond acceptors (Lipinski definition) is 11. The number of nitrogens with one attached hydrogen (secondary N) is 1. The molecule has 0 spiro atoms. The van der Waals surface area contributed by atoms with E-state index in [-0.39, 0.29) is 28.9 Å². The third-order valence-corrected chi connectivity index (χ3v) is 7.94. The number of alkyl halides is 1. The third-order valence-electron chi connectivity index (χ3n) is 6.11. The van der Waals surface area contributed by atoms with Crippen molar-refractivity contribution in [1.29, 1.82) is 0 Å². The predicted molar refractivity (Wildman–Crippen MR) is 143 cm³/mol. The molecular weight excluding hydrogens is 570 g/mol. The minimum Gasteiger partial charge on any atom is -0.462 e. The van der Waals surface area contributed by atoms with Crippen LogP contribution >= 0.6 is 19.3 Å². The van der Waals surface area contributed by atoms with E-state index < -0.39 is 57.1 Å². The van der Waals surface area contributed by atoms with Crippen molar-refractivity contribution in [2.75, 3.05) is 12.3 Å². The minimum atomic E-state index is -4.23. The normalized spacial score (nSPS) is 23.4. The van der Waals surface area contributed by atoms with E-state index in [4.69, 9.17) is 35.9 Å². The first-order valence-electron chi connectivity index (χ1n) is 12.4. The number of nitrogens with two attached hydrogens (primary N) is 1. The number of benzene rings is 1. The molecule has 218 valence electrons. The number of carbonyl (C=O) groups excluding carboxylic acids is 1. The molecule has 1 aromatic carbocycles. The fourth-order valence-corrected chi connectivity index (χ4v) is 5.62. The Kier molecular flexibility index (Phi) is 9.40. The second-order valence-electron chi connectivity index (χ2n) is 9.53. The summed E-state index contributed by atoms with van der Waals surface area (Å²) in [6, 6.07) is 6.21. The van der Waals surface area contributed by atoms with Crippen molar-refractivity contribution in [2.45, 2.75) is 71.1 Å². The fraction of sp³-hybridized carbons (Fsp3) is 0.500. The van der Waals surface area contributed by atoms with Gasteiger partial charge in [-0.25, -0.2) is 19.0 Å². The van der Waals surface area contributed by atoms with Crippen molar-refractivity contribution >= 4 is 42.3 Å². The lowest BCUT2D eigenvalue weighted by Crippen LogP contribution is -2.37. The van der Waals surface area contributed by atoms with Gasteiger partial charge in [0.2, 0.25) is 5.28 Å². The van der Waals surface area contributed by atoms with Crippen LogP contribution in [0, 0.1) is 6.92 Å². The van der Waals surface area contributed by atoms with E-state index in [1.807, 2.05) is 19.1 Å². The number of ether oxygens (including phenoxy) is 2. The zero-order valence-electron chi connectivity index (χ0n) is 22.2. The van der Waals surface area contributed by atoms with Crippen molar-refractivity contribution in [2.24, 2.45) is 0 Å². The van der Waals surface area contributed by atoms with Gasteiger partial charge in [0.15, 0.2) is 23.9 Å². The van der Waals surface area contributed by atoms with Gasteiger partial charge in [-0.15, -0.1) is 0 Å². The van der Waals surface area contributed by atoms with Crippen LogP contribution in [-0.2, 0) is 34.5 Å². The van der Waals surface area contributed by atoms with Crippen LogP contribution in [0.5, 0.6) is 0 Å². The lowest BCUT2D eigenvalue weighted by molar-refractivity contribution is -0.149. The Balaban J connectivity index is 1.50. The smallest absolute Gasteiger partial charge is 0.406 e. The van der Waals surface area contributed by atoms with E-state index in [0.717, 1.165) is 11.1 Å². The van der Waals surface area contributed by atoms with E-state index in [2.05, 4.69) is 20.0 Å². The summed E-state index contributed by atoms with van der Waals surface area (Å²) in [5.74, 6) is -0.684. The van der Waals surface area contributed by atoms with Crippen LogP contribution < -0.4 is 10.8 Å². The number of halogens is 2. The average Bonchev–Trinajstić information content (AvgIpc) is 3.42. The monoisotopic (exact) mass is 600 g/mol. The van der Waals surface area contributed by atoms with Gasteiger partial charge in [-0.2, -0.15) is 9.97 Å². The Morgan fingerprint density at radius 1 is 1.30 bits per heavy atom. The molecule has 1 saturated heterocycles. The molecule has 3 aromatic rings. The maximum Gasteiger partial charge on any atom is 0.406 e. The lowest BCUT2D eigenvalue weighted by atomic mass is 10.1. The number of aromatic nitrogens is 4. The quantitative estimate of drug-likeness (QED) is 0.167. The second kappa shape index (κ2) is 12.4. The number of carbonyl (C=O) groups is 1. The molecule has 4 rings (SSSR count). The summed E-state index contributed by atoms with van der Waals surface area (Å²) >= 11 is 5.90. The van der Waals surface area contributed by atoms with Crippen molar-refractivity contribution in [3.63, 3.8) is 0 Å². The zero-order chi connectivity index (χ0) is 29.2. The van der Waals surface area contributed by atoms with E-state index in [0.29, 0.717) is 0 Å². The Bertz CT molecular complexity index is 1410. The van der Waals surface area contributed by atoms with Crippen LogP contribution in [0.1, 0.15) is 38.1 Å². The zero-order valence-corrected chi connectivity index (χ0v) is 23.9. The number of nitrogens with zero attached hydrogens (tertiary/aromatic N) is 4. The van der Waals surface area contributed by atoms with Crippen LogP contribution in [0.2, 0.25) is 5.28 Å². The van der Waals surface area contributed by atoms with Gasteiger partial charge in [0, 0.05) is 0 Å². The van der Waals surface area contributed by atoms with Crippen molar-refractivity contribution < 1.29 is 37.4 Å². The number of aryl methyl sites for hydroxylation is 1. The number of nitrogen functional groups attached to an aromatic ring is 1. The van der Waals surface area contributed by atoms with Crippen LogP contribution in [0.3, 0.4) is 0 Å². The van der Waals surface area contributed by atoms with Gasteiger partial charge in [-0.1, -0.05) is 24.3 Å². The molecule has 13 nitrogen and oxygen atoms in total. The standard InChI is InChI=1S/C24H31ClFN6O7P/c1-12(2)38-23(34)14(4)31-40(35,36-9-15-8-6-5-7-13(15)3)37-10-16-19(33)17(26)22(39-16)32-11-28-18-20(27)29-24(25)30-21(18)32/h5-8,11-12,14,16-17,19,22,33H,9-10H2,1-4H3,(H,31,35)(H2,27,29,30)/t14-,16?,17?,19?,22?,40+/m0/s1. The summed E-state index contributed by atoms with van der Waals surface area (Å²) in [4.78, 5) is 24.3. The topological polar surface area (TPSA) is 173 Å². The van der Waals surface area contributed by atoms with Gasteiger partial charge in [-0.3, -0.25) is 18.4 Å². The summed E-state index contributed by atoms with van der Waals surface area (Å²) < 4.78 is 52.3. The number of aliphatic hydroxyl groups excluding tert-OH is 1. The number of hydrogen-bond donors (Lipinski definition) is 3. The first-order valence-corrected chi connectivity index (χ1v) is 14.4. The van der Waals surface area contributed by atoms with Crippen LogP contribution in [0.25, 0.3) is 11.2 Å². The lowest BCUT2D eigenvalue weighted by Gasteiger charge is -2.25. The molecule has 4 unspecified atom stereocenters. The predicted octanol–water partition coefficient (Wildman–Crippen LogP) is 3.24. The molecule has 16 heteroatoms. The largest absolute Gasteiger partial charge is 0.462 e. The summed E-state index contributed by atoms with van der Waals surface area (Å²) in [6.07, 6.45) is -5.44. The molecule has 0 radical (unpaired) electrons. The molecule has 3 heterocycles. The Morgan fingerprint density at radius 2 is 2.02 bits per heavy atom. The number of anilines is 1. The van der Waals surface area contributed by atoms with Gasteiger partial charge in [-0.05, 0) is 50.4 Å². The number of aliphatic hydroxyl groups is 1. The van der Waals surface area contributed by atoms with E-state index in [1.54, 1.807) is 26.0 Å².